The van der Waals surface area contributed by atoms with Gasteiger partial charge in [0.1, 0.15) is 17.5 Å². The van der Waals surface area contributed by atoms with Gasteiger partial charge in [-0.1, -0.05) is 52.0 Å². The van der Waals surface area contributed by atoms with Crippen LogP contribution in [0.1, 0.15) is 73.6 Å². The summed E-state index contributed by atoms with van der Waals surface area (Å²) in [5.41, 5.74) is 8.26. The molecule has 0 aliphatic rings. The molecule has 4 nitrogen and oxygen atoms in total. The maximum atomic E-state index is 6.14. The second kappa shape index (κ2) is 6.52. The quantitative estimate of drug-likeness (QED) is 0.420. The van der Waals surface area contributed by atoms with Gasteiger partial charge in [0.25, 0.3) is 0 Å². The van der Waals surface area contributed by atoms with Crippen LogP contribution in [-0.2, 0) is 6.42 Å². The Morgan fingerprint density at radius 1 is 0.704 bits per heavy atom. The molecule has 0 unspecified atom stereocenters. The fraction of sp³-hybridized carbons (Fsp3) is 0.391. The first-order chi connectivity index (χ1) is 12.8. The van der Waals surface area contributed by atoms with E-state index in [9.17, 15) is 0 Å². The fourth-order valence-electron chi connectivity index (χ4n) is 3.58. The number of aryl methyl sites for hydroxylation is 2. The van der Waals surface area contributed by atoms with Crippen molar-refractivity contribution in [2.45, 2.75) is 59.8 Å². The topological polar surface area (TPSA) is 52.1 Å². The predicted octanol–water partition coefficient (Wildman–Crippen LogP) is 6.42. The van der Waals surface area contributed by atoms with Crippen molar-refractivity contribution >= 4 is 22.2 Å². The summed E-state index contributed by atoms with van der Waals surface area (Å²) in [5.74, 6) is 2.07. The highest BCUT2D eigenvalue weighted by molar-refractivity contribution is 5.81. The Morgan fingerprint density at radius 2 is 1.11 bits per heavy atom. The zero-order chi connectivity index (χ0) is 19.3. The van der Waals surface area contributed by atoms with Crippen molar-refractivity contribution in [2.75, 3.05) is 0 Å². The molecule has 2 heterocycles. The minimum atomic E-state index is 0.384. The summed E-state index contributed by atoms with van der Waals surface area (Å²) < 4.78 is 12.3. The Kier molecular flexibility index (Phi) is 4.29. The van der Waals surface area contributed by atoms with Crippen LogP contribution in [0.15, 0.2) is 33.1 Å². The molecule has 0 aliphatic heterocycles. The summed E-state index contributed by atoms with van der Waals surface area (Å²) in [6.45, 7) is 12.8. The van der Waals surface area contributed by atoms with Crippen molar-refractivity contribution in [3.8, 4) is 0 Å². The molecule has 0 spiro atoms. The standard InChI is InChI=1S/C23H26N2O2/c1-12(2)16-9-7-14(5)20-22(16)26-18(24-20)11-19-25-21-15(6)8-10-17(13(3)4)23(21)27-19/h7-10,12-13H,11H2,1-6H3. The molecule has 4 rings (SSSR count). The Labute approximate surface area is 159 Å². The fourth-order valence-corrected chi connectivity index (χ4v) is 3.58. The third-order valence-corrected chi connectivity index (χ3v) is 5.19. The van der Waals surface area contributed by atoms with Gasteiger partial charge in [0, 0.05) is 0 Å². The van der Waals surface area contributed by atoms with E-state index >= 15 is 0 Å². The maximum absolute atomic E-state index is 6.14. The van der Waals surface area contributed by atoms with Crippen molar-refractivity contribution in [1.82, 2.24) is 9.97 Å². The molecule has 4 heteroatoms. The van der Waals surface area contributed by atoms with E-state index in [-0.39, 0.29) is 0 Å². The third-order valence-electron chi connectivity index (χ3n) is 5.19. The van der Waals surface area contributed by atoms with Gasteiger partial charge in [-0.15, -0.1) is 0 Å². The van der Waals surface area contributed by atoms with Gasteiger partial charge in [0.05, 0.1) is 0 Å². The number of nitrogens with zero attached hydrogens (tertiary/aromatic N) is 2. The normalized spacial score (nSPS) is 12.1. The van der Waals surface area contributed by atoms with Crippen molar-refractivity contribution in [3.05, 3.63) is 58.3 Å². The lowest BCUT2D eigenvalue weighted by atomic mass is 10.0. The largest absolute Gasteiger partial charge is 0.440 e. The Morgan fingerprint density at radius 3 is 1.48 bits per heavy atom. The van der Waals surface area contributed by atoms with Crippen LogP contribution in [0, 0.1) is 13.8 Å². The van der Waals surface area contributed by atoms with Gasteiger partial charge in [0.15, 0.2) is 11.2 Å². The second-order valence-electron chi connectivity index (χ2n) is 8.00. The van der Waals surface area contributed by atoms with Crippen LogP contribution >= 0.6 is 0 Å². The van der Waals surface area contributed by atoms with E-state index in [1.54, 1.807) is 0 Å². The highest BCUT2D eigenvalue weighted by atomic mass is 16.4. The molecule has 0 saturated heterocycles. The van der Waals surface area contributed by atoms with Crippen LogP contribution < -0.4 is 0 Å². The number of fused-ring (bicyclic) bond motifs is 2. The number of oxazole rings is 2. The van der Waals surface area contributed by atoms with Gasteiger partial charge in [-0.25, -0.2) is 9.97 Å². The Hall–Kier alpha value is -2.62. The van der Waals surface area contributed by atoms with Crippen LogP contribution in [-0.4, -0.2) is 9.97 Å². The first-order valence-electron chi connectivity index (χ1n) is 9.63. The summed E-state index contributed by atoms with van der Waals surface area (Å²) in [6, 6.07) is 8.49. The number of rotatable bonds is 4. The molecule has 0 aliphatic carbocycles. The second-order valence-corrected chi connectivity index (χ2v) is 8.00. The maximum Gasteiger partial charge on any atom is 0.204 e. The first-order valence-corrected chi connectivity index (χ1v) is 9.63. The van der Waals surface area contributed by atoms with Gasteiger partial charge in [0.2, 0.25) is 11.8 Å². The molecule has 0 atom stereocenters. The summed E-state index contributed by atoms with van der Waals surface area (Å²) >= 11 is 0. The predicted molar refractivity (Wildman–Crippen MR) is 108 cm³/mol. The van der Waals surface area contributed by atoms with E-state index in [2.05, 4.69) is 65.8 Å². The highest BCUT2D eigenvalue weighted by Gasteiger charge is 2.18. The van der Waals surface area contributed by atoms with Crippen LogP contribution in [0.25, 0.3) is 22.2 Å². The molecule has 140 valence electrons. The summed E-state index contributed by atoms with van der Waals surface area (Å²) in [6.07, 6.45) is 0.456. The average molecular weight is 362 g/mol. The van der Waals surface area contributed by atoms with E-state index in [0.717, 1.165) is 33.3 Å². The zero-order valence-corrected chi connectivity index (χ0v) is 16.9. The molecule has 4 aromatic rings. The van der Waals surface area contributed by atoms with Crippen molar-refractivity contribution in [3.63, 3.8) is 0 Å². The lowest BCUT2D eigenvalue weighted by Crippen LogP contribution is -1.89. The Balaban J connectivity index is 1.78. The number of benzene rings is 2. The average Bonchev–Trinajstić information content (AvgIpc) is 3.20. The third kappa shape index (κ3) is 3.03. The Bertz CT molecular complexity index is 1040. The zero-order valence-electron chi connectivity index (χ0n) is 16.9. The minimum absolute atomic E-state index is 0.384. The molecule has 27 heavy (non-hydrogen) atoms. The van der Waals surface area contributed by atoms with Crippen LogP contribution in [0.5, 0.6) is 0 Å². The number of hydrogen-bond donors (Lipinski definition) is 0. The molecule has 0 radical (unpaired) electrons. The number of aromatic nitrogens is 2. The molecular weight excluding hydrogens is 336 g/mol. The molecule has 2 aromatic carbocycles. The summed E-state index contributed by atoms with van der Waals surface area (Å²) in [4.78, 5) is 9.47. The molecule has 0 bridgehead atoms. The van der Waals surface area contributed by atoms with E-state index in [0.29, 0.717) is 30.0 Å². The molecule has 0 amide bonds. The molecule has 0 N–H and O–H groups in total. The molecule has 0 fully saturated rings. The molecular formula is C23H26N2O2. The van der Waals surface area contributed by atoms with Crippen LogP contribution in [0.3, 0.4) is 0 Å². The molecule has 0 saturated carbocycles. The summed E-state index contributed by atoms with van der Waals surface area (Å²) in [7, 11) is 0. The van der Waals surface area contributed by atoms with Crippen LogP contribution in [0.4, 0.5) is 0 Å². The highest BCUT2D eigenvalue weighted by Crippen LogP contribution is 2.31. The van der Waals surface area contributed by atoms with E-state index in [1.165, 1.54) is 11.1 Å². The monoisotopic (exact) mass is 362 g/mol. The van der Waals surface area contributed by atoms with Gasteiger partial charge >= 0.3 is 0 Å². The van der Waals surface area contributed by atoms with Gasteiger partial charge < -0.3 is 8.83 Å². The van der Waals surface area contributed by atoms with E-state index in [4.69, 9.17) is 18.8 Å². The first kappa shape index (κ1) is 17.8. The minimum Gasteiger partial charge on any atom is -0.440 e. The van der Waals surface area contributed by atoms with Gasteiger partial charge in [-0.2, -0.15) is 0 Å². The number of hydrogen-bond acceptors (Lipinski definition) is 4. The van der Waals surface area contributed by atoms with Crippen molar-refractivity contribution in [2.24, 2.45) is 0 Å². The lowest BCUT2D eigenvalue weighted by Gasteiger charge is -2.05. The van der Waals surface area contributed by atoms with E-state index < -0.39 is 0 Å². The van der Waals surface area contributed by atoms with Crippen molar-refractivity contribution in [1.29, 1.82) is 0 Å². The van der Waals surface area contributed by atoms with Gasteiger partial charge in [-0.3, -0.25) is 0 Å². The van der Waals surface area contributed by atoms with Crippen LogP contribution in [0.2, 0.25) is 0 Å². The summed E-state index contributed by atoms with van der Waals surface area (Å²) in [5, 5.41) is 0. The molecule has 2 aromatic heterocycles. The van der Waals surface area contributed by atoms with Gasteiger partial charge in [-0.05, 0) is 47.9 Å². The van der Waals surface area contributed by atoms with E-state index in [1.807, 2.05) is 0 Å². The van der Waals surface area contributed by atoms with Crippen molar-refractivity contribution < 1.29 is 8.83 Å². The smallest absolute Gasteiger partial charge is 0.204 e. The SMILES string of the molecule is Cc1ccc(C(C)C)c2oc(Cc3nc4c(C)ccc(C(C)C)c4o3)nc12. The lowest BCUT2D eigenvalue weighted by molar-refractivity contribution is 0.485.